The van der Waals surface area contributed by atoms with E-state index in [0.29, 0.717) is 34.0 Å². The smallest absolute Gasteiger partial charge is 0.232 e. The van der Waals surface area contributed by atoms with Crippen molar-refractivity contribution in [1.82, 2.24) is 13.7 Å². The molecule has 0 radical (unpaired) electrons. The number of nitrogens with zero attached hydrogens (tertiary/aromatic N) is 5. The lowest BCUT2D eigenvalue weighted by atomic mass is 10.1. The van der Waals surface area contributed by atoms with E-state index in [4.69, 9.17) is 19.2 Å². The van der Waals surface area contributed by atoms with Gasteiger partial charge in [-0.3, -0.25) is 0 Å². The van der Waals surface area contributed by atoms with Crippen LogP contribution in [0.2, 0.25) is 0 Å². The monoisotopic (exact) mass is 971 g/mol. The summed E-state index contributed by atoms with van der Waals surface area (Å²) in [5.41, 5.74) is -7.40. The molecule has 0 bridgehead atoms. The highest BCUT2D eigenvalue weighted by molar-refractivity contribution is 7.27. The zero-order valence-electron chi connectivity index (χ0n) is 64.5. The van der Waals surface area contributed by atoms with Crippen LogP contribution in [0.25, 0.3) is 148 Å². The van der Waals surface area contributed by atoms with Crippen LogP contribution in [0.1, 0.15) is 46.7 Å². The maximum absolute atomic E-state index is 12.1. The van der Waals surface area contributed by atoms with E-state index >= 15 is 0 Å². The second kappa shape index (κ2) is 13.9. The van der Waals surface area contributed by atoms with Crippen LogP contribution < -0.4 is 0 Å². The molecular formula is C62H31N5S3. The van der Waals surface area contributed by atoms with Crippen LogP contribution in [0.15, 0.2) is 187 Å². The van der Waals surface area contributed by atoms with Gasteiger partial charge in [-0.1, -0.05) is 127 Å². The standard InChI is InChI=1S/C62H31N5S3/c1-64-58-43(33-63)50(65-44-20-8-2-17-40(44)55-47(65)29-26-37-34-14-5-11-23-52(34)68-60(37)55)32-51(66-45-21-9-3-18-41(45)56-48(66)30-27-38-35-15-6-12-24-53(35)69-61(38)56)59(58)67-46-22-10-4-19-42(46)57-49(67)31-28-39-36-16-7-13-25-54(36)70-62(39)57/h2-32H/i2D,3D,4D,5D,6D,7D,8D,9D,10D,11D,12D,13D,14D,15D,16D,17D,18D,19D,20D,21D,22D,23D,24D,25D,26D,27D,28D,29D,30D,31D. The Kier molecular flexibility index (Phi) is 3.92. The third-order valence-corrected chi connectivity index (χ3v) is 15.9. The van der Waals surface area contributed by atoms with E-state index in [2.05, 4.69) is 4.85 Å². The molecule has 0 N–H and O–H groups in total. The molecule has 0 fully saturated rings. The molecule has 0 unspecified atom stereocenters. The largest absolute Gasteiger partial charge is 0.317 e. The summed E-state index contributed by atoms with van der Waals surface area (Å²) in [4.78, 5) is 3.98. The highest BCUT2D eigenvalue weighted by Crippen LogP contribution is 2.51. The minimum atomic E-state index is -0.957. The normalized spacial score (nSPS) is 18.3. The topological polar surface area (TPSA) is 42.9 Å². The van der Waals surface area contributed by atoms with Crippen molar-refractivity contribution in [2.45, 2.75) is 0 Å². The highest BCUT2D eigenvalue weighted by Gasteiger charge is 2.30. The molecule has 322 valence electrons. The Labute approximate surface area is 452 Å². The number of fused-ring (bicyclic) bond motifs is 21. The molecule has 0 amide bonds. The number of nitriles is 1. The van der Waals surface area contributed by atoms with Crippen LogP contribution in [0, 0.1) is 17.9 Å². The number of aromatic nitrogens is 3. The number of rotatable bonds is 3. The van der Waals surface area contributed by atoms with Gasteiger partial charge in [0.1, 0.15) is 0 Å². The molecule has 5 nitrogen and oxygen atoms in total. The molecule has 6 aromatic heterocycles. The van der Waals surface area contributed by atoms with E-state index in [1.807, 2.05) is 6.07 Å². The van der Waals surface area contributed by atoms with Gasteiger partial charge in [-0.15, -0.1) is 34.0 Å². The molecule has 16 aromatic rings. The summed E-state index contributed by atoms with van der Waals surface area (Å²) in [7, 11) is 0. The number of benzene rings is 10. The quantitative estimate of drug-likeness (QED) is 0.163. The highest BCUT2D eigenvalue weighted by atomic mass is 32.1. The van der Waals surface area contributed by atoms with Gasteiger partial charge in [0.15, 0.2) is 0 Å². The van der Waals surface area contributed by atoms with Gasteiger partial charge in [0, 0.05) is 92.8 Å². The zero-order valence-corrected chi connectivity index (χ0v) is 37.0. The Balaban J connectivity index is 1.24. The van der Waals surface area contributed by atoms with Gasteiger partial charge in [0.25, 0.3) is 0 Å². The molecule has 70 heavy (non-hydrogen) atoms. The first kappa shape index (κ1) is 19.7. The fourth-order valence-corrected chi connectivity index (χ4v) is 13.2. The molecule has 0 aliphatic carbocycles. The van der Waals surface area contributed by atoms with E-state index in [1.165, 1.54) is 0 Å². The summed E-state index contributed by atoms with van der Waals surface area (Å²) < 4.78 is 282. The van der Waals surface area contributed by atoms with Crippen molar-refractivity contribution >= 4 is 166 Å². The molecule has 16 rings (SSSR count). The molecule has 0 saturated carbocycles. The Morgan fingerprint density at radius 2 is 0.757 bits per heavy atom. The summed E-state index contributed by atoms with van der Waals surface area (Å²) in [5.74, 6) is 0. The van der Waals surface area contributed by atoms with E-state index in [1.54, 1.807) is 0 Å². The van der Waals surface area contributed by atoms with Crippen molar-refractivity contribution in [2.75, 3.05) is 0 Å². The van der Waals surface area contributed by atoms with E-state index in [9.17, 15) is 33.8 Å². The van der Waals surface area contributed by atoms with Gasteiger partial charge in [-0.25, -0.2) is 4.85 Å². The number of thiophene rings is 3. The van der Waals surface area contributed by atoms with Crippen molar-refractivity contribution < 1.29 is 41.1 Å². The fraction of sp³-hybridized carbons (Fsp3) is 0. The summed E-state index contributed by atoms with van der Waals surface area (Å²) >= 11 is 2.02. The SMILES string of the molecule is [2H]c1c([2H])c([2H])c2c(sc3c2c([2H])c([2H])c2c3c3c([2H])c([2H])c([2H])c([2H])c3n2-c2cc(-n3c4c([2H])c([2H])c([2H])c([2H])c4c4c5sc6c([2H])c([2H])c([2H])c([2H])c6c5c([2H])c([2H])c43)c(-n3c4c([2H])c([2H])c([2H])c([2H])c4c4c5sc6c([2H])c([2H])c([2H])c([2H])c6c5c([2H])c([2H])c43)c([N+]#[C-])c2C#N)c1[2H]. The summed E-state index contributed by atoms with van der Waals surface area (Å²) in [5, 5.41) is 8.34. The van der Waals surface area contributed by atoms with Crippen LogP contribution in [-0.4, -0.2) is 13.7 Å². The van der Waals surface area contributed by atoms with Crippen molar-refractivity contribution in [1.29, 1.82) is 5.26 Å². The molecule has 0 aliphatic heterocycles. The lowest BCUT2D eigenvalue weighted by Crippen LogP contribution is -2.08. The minimum absolute atomic E-state index is 0.115. The fourth-order valence-electron chi connectivity index (χ4n) is 9.84. The van der Waals surface area contributed by atoms with E-state index in [-0.39, 0.29) is 76.7 Å². The summed E-state index contributed by atoms with van der Waals surface area (Å²) in [6.07, 6.45) is 0. The number of hydrogen-bond acceptors (Lipinski definition) is 4. The molecule has 8 heteroatoms. The van der Waals surface area contributed by atoms with Gasteiger partial charge in [0.05, 0.1) is 109 Å². The first-order chi connectivity index (χ1) is 47.2. The lowest BCUT2D eigenvalue weighted by molar-refractivity contribution is 1.08. The van der Waals surface area contributed by atoms with Crippen LogP contribution in [0.4, 0.5) is 5.69 Å². The average molecular weight is 972 g/mol. The molecule has 0 saturated heterocycles. The third-order valence-electron chi connectivity index (χ3n) is 12.6. The summed E-state index contributed by atoms with van der Waals surface area (Å²) in [6.45, 7) is 9.45. The Morgan fingerprint density at radius 3 is 1.17 bits per heavy atom. The Morgan fingerprint density at radius 1 is 0.400 bits per heavy atom. The molecule has 6 heterocycles. The third kappa shape index (κ3) is 4.82. The van der Waals surface area contributed by atoms with Crippen molar-refractivity contribution in [3.05, 3.63) is 204 Å². The predicted octanol–water partition coefficient (Wildman–Crippen LogP) is 18.5. The molecule has 10 aromatic carbocycles. The first-order valence-corrected chi connectivity index (χ1v) is 23.2. The predicted molar refractivity (Wildman–Crippen MR) is 299 cm³/mol. The van der Waals surface area contributed by atoms with Crippen LogP contribution in [0.3, 0.4) is 0 Å². The number of hydrogen-bond donors (Lipinski definition) is 0. The molecular weight excluding hydrogens is 911 g/mol. The van der Waals surface area contributed by atoms with Crippen molar-refractivity contribution in [2.24, 2.45) is 0 Å². The maximum atomic E-state index is 12.1. The number of para-hydroxylation sites is 3. The second-order valence-corrected chi connectivity index (χ2v) is 18.9. The van der Waals surface area contributed by atoms with Gasteiger partial charge in [0.2, 0.25) is 5.69 Å². The second-order valence-electron chi connectivity index (χ2n) is 15.8. The van der Waals surface area contributed by atoms with Crippen LogP contribution >= 0.6 is 34.0 Å². The molecule has 0 aliphatic rings. The Hall–Kier alpha value is -8.76. The minimum Gasteiger partial charge on any atom is -0.317 e. The average Bonchev–Trinajstić information content (AvgIpc) is 1.52. The van der Waals surface area contributed by atoms with E-state index < -0.39 is 259 Å². The summed E-state index contributed by atoms with van der Waals surface area (Å²) in [6, 6.07) is -20.4. The van der Waals surface area contributed by atoms with Crippen molar-refractivity contribution in [3.63, 3.8) is 0 Å². The van der Waals surface area contributed by atoms with Crippen LogP contribution in [-0.2, 0) is 0 Å². The Bertz CT molecular complexity index is 6940. The molecule has 0 spiro atoms. The maximum Gasteiger partial charge on any atom is 0.232 e. The van der Waals surface area contributed by atoms with Gasteiger partial charge >= 0.3 is 0 Å². The van der Waals surface area contributed by atoms with Gasteiger partial charge < -0.3 is 13.7 Å². The first-order valence-electron chi connectivity index (χ1n) is 35.7. The van der Waals surface area contributed by atoms with Gasteiger partial charge in [-0.2, -0.15) is 5.26 Å². The van der Waals surface area contributed by atoms with E-state index in [0.717, 1.165) is 19.8 Å². The lowest BCUT2D eigenvalue weighted by Gasteiger charge is -2.22. The van der Waals surface area contributed by atoms with Gasteiger partial charge in [-0.05, 0) is 60.4 Å². The molecule has 0 atom stereocenters. The zero-order chi connectivity index (χ0) is 72.0. The van der Waals surface area contributed by atoms with Crippen molar-refractivity contribution in [3.8, 4) is 23.1 Å². The van der Waals surface area contributed by atoms with Crippen LogP contribution in [0.5, 0.6) is 0 Å².